The van der Waals surface area contributed by atoms with Crippen LogP contribution < -0.4 is 0 Å². The third kappa shape index (κ3) is 30.7. The van der Waals surface area contributed by atoms with E-state index in [4.69, 9.17) is 6.42 Å². The van der Waals surface area contributed by atoms with E-state index in [9.17, 15) is 0 Å². The molecule has 0 heterocycles. The van der Waals surface area contributed by atoms with Crippen molar-refractivity contribution in [1.29, 1.82) is 0 Å². The summed E-state index contributed by atoms with van der Waals surface area (Å²) in [7, 11) is 0. The van der Waals surface area contributed by atoms with E-state index >= 15 is 0 Å². The second kappa shape index (κ2) is 18.0. The molecule has 26 valence electrons. The molecule has 5 heavy (non-hydrogen) atoms. The first-order valence-electron chi connectivity index (χ1n) is 0.439. The average molecular weight is 253 g/mol. The van der Waals surface area contributed by atoms with Gasteiger partial charge in [0.15, 0.2) is 0 Å². The number of hydrogen-bond donors (Lipinski definition) is 0. The van der Waals surface area contributed by atoms with Gasteiger partial charge in [-0.15, -0.1) is 0 Å². The van der Waals surface area contributed by atoms with E-state index in [2.05, 4.69) is 0 Å². The Morgan fingerprint density at radius 3 is 1.40 bits per heavy atom. The van der Waals surface area contributed by atoms with Crippen LogP contribution >= 0.6 is 22.6 Å². The summed E-state index contributed by atoms with van der Waals surface area (Å²) in [5.41, 5.74) is 0. The van der Waals surface area contributed by atoms with E-state index in [-0.39, 0.29) is 37.1 Å². The fourth-order valence-electron chi connectivity index (χ4n) is 0. The molecule has 0 unspecified atom stereocenters. The molecule has 0 N–H and O–H groups in total. The first kappa shape index (κ1) is 16.1. The van der Waals surface area contributed by atoms with Crippen LogP contribution in [-0.4, -0.2) is 0 Å². The molecule has 0 aromatic carbocycles. The quantitative estimate of drug-likeness (QED) is 0.342. The van der Waals surface area contributed by atoms with Crippen molar-refractivity contribution >= 4 is 22.6 Å². The molecule has 0 rings (SSSR count). The van der Waals surface area contributed by atoms with Crippen LogP contribution in [0, 0.1) is 10.4 Å². The molecule has 0 aromatic rings. The van der Waals surface area contributed by atoms with Gasteiger partial charge in [0.05, 0.1) is 0 Å². The van der Waals surface area contributed by atoms with Crippen molar-refractivity contribution in [3.05, 3.63) is 6.42 Å². The zero-order valence-electron chi connectivity index (χ0n) is 2.27. The minimum Gasteiger partial charge on any atom is -0.682 e. The Bertz CT molecular complexity index is 29.1. The minimum atomic E-state index is 0. The fraction of sp³-hybridized carbons (Fsp3) is 0. The Morgan fingerprint density at radius 2 is 1.40 bits per heavy atom. The molecule has 3 heteroatoms. The van der Waals surface area contributed by atoms with Gasteiger partial charge in [0.25, 0.3) is 0 Å². The monoisotopic (exact) mass is 253 g/mol. The van der Waals surface area contributed by atoms with Gasteiger partial charge in [-0.1, -0.05) is 0 Å². The Morgan fingerprint density at radius 1 is 1.40 bits per heavy atom. The molecule has 2 radical (unpaired) electrons. The maximum atomic E-state index is 5.94. The third-order valence-corrected chi connectivity index (χ3v) is 0. The van der Waals surface area contributed by atoms with Crippen LogP contribution in [0.4, 0.5) is 0 Å². The van der Waals surface area contributed by atoms with Gasteiger partial charge in [-0.3, -0.25) is 3.93 Å². The van der Waals surface area contributed by atoms with E-state index in [1.54, 1.807) is 22.6 Å². The van der Waals surface area contributed by atoms with Crippen molar-refractivity contribution in [3.8, 4) is 3.93 Å². The summed E-state index contributed by atoms with van der Waals surface area (Å²) >= 11 is 1.70. The second-order valence-electron chi connectivity index (χ2n) is 0.0945. The minimum absolute atomic E-state index is 0. The maximum absolute atomic E-state index is 5.94. The van der Waals surface area contributed by atoms with Crippen LogP contribution in [0.3, 0.4) is 0 Å². The predicted octanol–water partition coefficient (Wildman–Crippen LogP) is 0.964. The normalized spacial score (nSPS) is 1.60. The van der Waals surface area contributed by atoms with Crippen molar-refractivity contribution in [2.75, 3.05) is 0 Å². The van der Waals surface area contributed by atoms with E-state index < -0.39 is 0 Å². The Labute approximate surface area is 69.4 Å². The zero-order chi connectivity index (χ0) is 2.71. The molecule has 0 fully saturated rings. The molecule has 0 nitrogen and oxygen atoms in total. The number of hydrogen-bond acceptors (Lipinski definition) is 0. The number of rotatable bonds is 0. The smallest absolute Gasteiger partial charge is 0 e. The van der Waals surface area contributed by atoms with Crippen LogP contribution in [0.5, 0.6) is 0 Å². The standard InChI is InChI=1S/C2I.2V/c1-2-3;;/q-1;;. The first-order chi connectivity index (χ1) is 1.41. The SMILES string of the molecule is [C-]#CI.[V].[V]. The van der Waals surface area contributed by atoms with E-state index in [1.165, 1.54) is 0 Å². The maximum Gasteiger partial charge on any atom is 0 e. The van der Waals surface area contributed by atoms with Gasteiger partial charge >= 0.3 is 0 Å². The number of halogens is 1. The van der Waals surface area contributed by atoms with Gasteiger partial charge in [-0.25, -0.2) is 0 Å². The summed E-state index contributed by atoms with van der Waals surface area (Å²) in [6.45, 7) is 0. The molecule has 0 aliphatic rings. The molecule has 0 saturated carbocycles. The summed E-state index contributed by atoms with van der Waals surface area (Å²) in [5, 5.41) is 0. The van der Waals surface area contributed by atoms with Gasteiger partial charge in [0.2, 0.25) is 0 Å². The Balaban J connectivity index is -0.0000000200. The fourth-order valence-corrected chi connectivity index (χ4v) is 0. The van der Waals surface area contributed by atoms with Gasteiger partial charge in [-0.2, -0.15) is 0 Å². The van der Waals surface area contributed by atoms with Gasteiger partial charge in [-0.05, 0) is 22.6 Å². The largest absolute Gasteiger partial charge is 0.682 e. The summed E-state index contributed by atoms with van der Waals surface area (Å²) in [6.07, 6.45) is 5.94. The average Bonchev–Trinajstić information content (AvgIpc) is 0.918. The van der Waals surface area contributed by atoms with Crippen molar-refractivity contribution < 1.29 is 37.1 Å². The van der Waals surface area contributed by atoms with Gasteiger partial charge in [0, 0.05) is 37.1 Å². The van der Waals surface area contributed by atoms with Crippen molar-refractivity contribution in [1.82, 2.24) is 0 Å². The van der Waals surface area contributed by atoms with Crippen LogP contribution in [-0.2, 0) is 37.1 Å². The summed E-state index contributed by atoms with van der Waals surface area (Å²) in [4.78, 5) is 0. The molecule has 0 aliphatic heterocycles. The Kier molecular flexibility index (Phi) is 57.8. The molecule has 0 bridgehead atoms. The summed E-state index contributed by atoms with van der Waals surface area (Å²) in [6, 6.07) is 0. The molecular formula is C2IV2-. The molecule has 0 amide bonds. The zero-order valence-corrected chi connectivity index (χ0v) is 7.22. The van der Waals surface area contributed by atoms with Crippen molar-refractivity contribution in [3.63, 3.8) is 0 Å². The van der Waals surface area contributed by atoms with E-state index in [0.29, 0.717) is 0 Å². The van der Waals surface area contributed by atoms with Crippen molar-refractivity contribution in [2.24, 2.45) is 0 Å². The summed E-state index contributed by atoms with van der Waals surface area (Å²) in [5.74, 6) is 0. The molecular weight excluding hydrogens is 253 g/mol. The Hall–Kier alpha value is 1.46. The molecule has 0 aromatic heterocycles. The third-order valence-electron chi connectivity index (χ3n) is 0. The van der Waals surface area contributed by atoms with E-state index in [1.807, 2.05) is 3.93 Å². The molecule has 0 spiro atoms. The van der Waals surface area contributed by atoms with Crippen LogP contribution in [0.1, 0.15) is 0 Å². The van der Waals surface area contributed by atoms with Crippen LogP contribution in [0.15, 0.2) is 0 Å². The predicted molar refractivity (Wildman–Crippen MR) is 21.2 cm³/mol. The molecule has 0 aliphatic carbocycles. The summed E-state index contributed by atoms with van der Waals surface area (Å²) < 4.78 is 1.97. The second-order valence-corrected chi connectivity index (χ2v) is 0.634. The van der Waals surface area contributed by atoms with Crippen molar-refractivity contribution in [2.45, 2.75) is 0 Å². The van der Waals surface area contributed by atoms with Gasteiger partial charge in [0.1, 0.15) is 0 Å². The van der Waals surface area contributed by atoms with E-state index in [0.717, 1.165) is 0 Å². The van der Waals surface area contributed by atoms with Crippen LogP contribution in [0.2, 0.25) is 0 Å². The first-order valence-corrected chi connectivity index (χ1v) is 1.52. The topological polar surface area (TPSA) is 0 Å². The molecule has 0 atom stereocenters. The van der Waals surface area contributed by atoms with Gasteiger partial charge < -0.3 is 6.42 Å². The molecule has 0 saturated heterocycles. The van der Waals surface area contributed by atoms with Crippen LogP contribution in [0.25, 0.3) is 0 Å².